The van der Waals surface area contributed by atoms with E-state index < -0.39 is 5.82 Å². The van der Waals surface area contributed by atoms with Gasteiger partial charge in [0.05, 0.1) is 5.02 Å². The maximum absolute atomic E-state index is 12.7. The molecule has 1 aromatic carbocycles. The van der Waals surface area contributed by atoms with Crippen LogP contribution >= 0.6 is 35.6 Å². The maximum atomic E-state index is 12.7. The molecule has 1 nitrogen and oxygen atoms in total. The van der Waals surface area contributed by atoms with E-state index >= 15 is 0 Å². The predicted molar refractivity (Wildman–Crippen MR) is 51.6 cm³/mol. The Kier molecular flexibility index (Phi) is 4.87. The molecule has 0 heterocycles. The molecule has 0 saturated heterocycles. The fourth-order valence-electron chi connectivity index (χ4n) is 0.720. The highest BCUT2D eigenvalue weighted by Crippen LogP contribution is 2.23. The van der Waals surface area contributed by atoms with Gasteiger partial charge in [-0.15, -0.1) is 12.4 Å². The molecule has 0 fully saturated rings. The van der Waals surface area contributed by atoms with Gasteiger partial charge in [0.1, 0.15) is 5.82 Å². The average molecular weight is 230 g/mol. The zero-order valence-electron chi connectivity index (χ0n) is 5.98. The van der Waals surface area contributed by atoms with Crippen molar-refractivity contribution in [3.8, 4) is 0 Å². The molecular weight excluding hydrogens is 223 g/mol. The lowest BCUT2D eigenvalue weighted by molar-refractivity contribution is 0.626. The van der Waals surface area contributed by atoms with Gasteiger partial charge in [0, 0.05) is 11.6 Å². The fraction of sp³-hybridized carbons (Fsp3) is 0.143. The van der Waals surface area contributed by atoms with Crippen molar-refractivity contribution in [2.24, 2.45) is 5.73 Å². The standard InChI is InChI=1S/C7H6Cl2FN.ClH/c8-5-2-6(9)7(10)1-4(5)3-11;/h1-2H,3,11H2;1H. The first-order valence-corrected chi connectivity index (χ1v) is 3.74. The molecule has 0 bridgehead atoms. The zero-order valence-corrected chi connectivity index (χ0v) is 8.31. The van der Waals surface area contributed by atoms with Crippen molar-refractivity contribution in [3.63, 3.8) is 0 Å². The fourth-order valence-corrected chi connectivity index (χ4v) is 1.18. The van der Waals surface area contributed by atoms with E-state index in [2.05, 4.69) is 0 Å². The highest BCUT2D eigenvalue weighted by Gasteiger charge is 2.04. The van der Waals surface area contributed by atoms with Gasteiger partial charge in [-0.2, -0.15) is 0 Å². The summed E-state index contributed by atoms with van der Waals surface area (Å²) in [6.45, 7) is 0.215. The third-order valence-corrected chi connectivity index (χ3v) is 1.95. The van der Waals surface area contributed by atoms with Crippen LogP contribution in [0.1, 0.15) is 5.56 Å². The Labute approximate surface area is 86.1 Å². The quantitative estimate of drug-likeness (QED) is 0.738. The Morgan fingerprint density at radius 3 is 2.33 bits per heavy atom. The molecule has 0 aromatic heterocycles. The van der Waals surface area contributed by atoms with Gasteiger partial charge >= 0.3 is 0 Å². The van der Waals surface area contributed by atoms with Crippen LogP contribution in [-0.2, 0) is 6.54 Å². The Hall–Kier alpha value is -0.0200. The van der Waals surface area contributed by atoms with Crippen LogP contribution in [0.15, 0.2) is 12.1 Å². The van der Waals surface area contributed by atoms with Crippen molar-refractivity contribution in [2.75, 3.05) is 0 Å². The summed E-state index contributed by atoms with van der Waals surface area (Å²) >= 11 is 11.1. The van der Waals surface area contributed by atoms with Crippen LogP contribution in [0.25, 0.3) is 0 Å². The molecule has 0 atom stereocenters. The normalized spacial score (nSPS) is 9.33. The number of halogens is 4. The highest BCUT2D eigenvalue weighted by atomic mass is 35.5. The summed E-state index contributed by atoms with van der Waals surface area (Å²) in [4.78, 5) is 0. The van der Waals surface area contributed by atoms with Gasteiger partial charge in [0.2, 0.25) is 0 Å². The third kappa shape index (κ3) is 2.49. The van der Waals surface area contributed by atoms with Crippen LogP contribution in [0.4, 0.5) is 4.39 Å². The number of rotatable bonds is 1. The molecule has 68 valence electrons. The van der Waals surface area contributed by atoms with Gasteiger partial charge in [0.25, 0.3) is 0 Å². The molecule has 12 heavy (non-hydrogen) atoms. The summed E-state index contributed by atoms with van der Waals surface area (Å²) in [5.41, 5.74) is 5.84. The molecule has 0 aliphatic carbocycles. The molecule has 0 aliphatic heterocycles. The molecule has 5 heteroatoms. The van der Waals surface area contributed by atoms with E-state index in [0.717, 1.165) is 0 Å². The first-order chi connectivity index (χ1) is 5.15. The maximum Gasteiger partial charge on any atom is 0.142 e. The van der Waals surface area contributed by atoms with E-state index in [1.165, 1.54) is 12.1 Å². The minimum Gasteiger partial charge on any atom is -0.326 e. The van der Waals surface area contributed by atoms with Gasteiger partial charge in [-0.25, -0.2) is 4.39 Å². The Bertz CT molecular complexity index is 278. The van der Waals surface area contributed by atoms with Gasteiger partial charge in [-0.05, 0) is 17.7 Å². The Morgan fingerprint density at radius 1 is 1.25 bits per heavy atom. The molecule has 1 rings (SSSR count). The molecule has 0 amide bonds. The first-order valence-electron chi connectivity index (χ1n) is 2.98. The van der Waals surface area contributed by atoms with Crippen molar-refractivity contribution < 1.29 is 4.39 Å². The SMILES string of the molecule is Cl.NCc1cc(F)c(Cl)cc1Cl. The Balaban J connectivity index is 0.00000121. The second kappa shape index (κ2) is 4.87. The largest absolute Gasteiger partial charge is 0.326 e. The van der Waals surface area contributed by atoms with Crippen LogP contribution in [0, 0.1) is 5.82 Å². The van der Waals surface area contributed by atoms with Gasteiger partial charge in [0.15, 0.2) is 0 Å². The van der Waals surface area contributed by atoms with Gasteiger partial charge in [-0.1, -0.05) is 23.2 Å². The number of nitrogens with two attached hydrogens (primary N) is 1. The summed E-state index contributed by atoms with van der Waals surface area (Å²) in [6, 6.07) is 2.59. The second-order valence-corrected chi connectivity index (χ2v) is 2.88. The Morgan fingerprint density at radius 2 is 1.83 bits per heavy atom. The lowest BCUT2D eigenvalue weighted by Crippen LogP contribution is -1.97. The van der Waals surface area contributed by atoms with Crippen molar-refractivity contribution in [1.82, 2.24) is 0 Å². The molecule has 0 saturated carbocycles. The lowest BCUT2D eigenvalue weighted by Gasteiger charge is -2.01. The van der Waals surface area contributed by atoms with E-state index in [9.17, 15) is 4.39 Å². The van der Waals surface area contributed by atoms with E-state index in [-0.39, 0.29) is 24.0 Å². The summed E-state index contributed by atoms with van der Waals surface area (Å²) in [5, 5.41) is 0.422. The molecule has 0 radical (unpaired) electrons. The molecule has 0 spiro atoms. The number of hydrogen-bond acceptors (Lipinski definition) is 1. The highest BCUT2D eigenvalue weighted by molar-refractivity contribution is 6.35. The lowest BCUT2D eigenvalue weighted by atomic mass is 10.2. The first kappa shape index (κ1) is 12.0. The van der Waals surface area contributed by atoms with Crippen LogP contribution in [0.3, 0.4) is 0 Å². The number of hydrogen-bond donors (Lipinski definition) is 1. The van der Waals surface area contributed by atoms with Crippen molar-refractivity contribution >= 4 is 35.6 Å². The summed E-state index contributed by atoms with van der Waals surface area (Å²) in [5.74, 6) is -0.489. The van der Waals surface area contributed by atoms with Crippen molar-refractivity contribution in [2.45, 2.75) is 6.54 Å². The minimum atomic E-state index is -0.489. The monoisotopic (exact) mass is 229 g/mol. The number of benzene rings is 1. The van der Waals surface area contributed by atoms with Crippen LogP contribution < -0.4 is 5.73 Å². The average Bonchev–Trinajstić information content (AvgIpc) is 1.97. The summed E-state index contributed by atoms with van der Waals surface area (Å²) in [6.07, 6.45) is 0. The molecule has 1 aromatic rings. The molecule has 2 N–H and O–H groups in total. The van der Waals surface area contributed by atoms with Crippen molar-refractivity contribution in [1.29, 1.82) is 0 Å². The molecule has 0 aliphatic rings. The predicted octanol–water partition coefficient (Wildman–Crippen LogP) is 3.01. The molecular formula is C7H7Cl3FN. The smallest absolute Gasteiger partial charge is 0.142 e. The summed E-state index contributed by atoms with van der Waals surface area (Å²) in [7, 11) is 0. The topological polar surface area (TPSA) is 26.0 Å². The van der Waals surface area contributed by atoms with Crippen LogP contribution in [-0.4, -0.2) is 0 Å². The molecule has 0 unspecified atom stereocenters. The van der Waals surface area contributed by atoms with E-state index in [1.807, 2.05) is 0 Å². The van der Waals surface area contributed by atoms with E-state index in [4.69, 9.17) is 28.9 Å². The van der Waals surface area contributed by atoms with Crippen LogP contribution in [0.5, 0.6) is 0 Å². The van der Waals surface area contributed by atoms with Gasteiger partial charge in [-0.3, -0.25) is 0 Å². The second-order valence-electron chi connectivity index (χ2n) is 2.06. The third-order valence-electron chi connectivity index (χ3n) is 1.31. The van der Waals surface area contributed by atoms with Crippen LogP contribution in [0.2, 0.25) is 10.0 Å². The van der Waals surface area contributed by atoms with Crippen molar-refractivity contribution in [3.05, 3.63) is 33.6 Å². The minimum absolute atomic E-state index is 0. The summed E-state index contributed by atoms with van der Waals surface area (Å²) < 4.78 is 12.7. The zero-order chi connectivity index (χ0) is 8.43. The van der Waals surface area contributed by atoms with E-state index in [1.54, 1.807) is 0 Å². The van der Waals surface area contributed by atoms with E-state index in [0.29, 0.717) is 10.6 Å². The van der Waals surface area contributed by atoms with Gasteiger partial charge < -0.3 is 5.73 Å².